The predicted molar refractivity (Wildman–Crippen MR) is 66.2 cm³/mol. The van der Waals surface area contributed by atoms with E-state index in [1.54, 1.807) is 4.68 Å². The zero-order valence-electron chi connectivity index (χ0n) is 10.5. The molecule has 4 nitrogen and oxygen atoms in total. The third-order valence-electron chi connectivity index (χ3n) is 3.48. The van der Waals surface area contributed by atoms with Crippen molar-refractivity contribution in [3.63, 3.8) is 0 Å². The molecule has 0 saturated heterocycles. The van der Waals surface area contributed by atoms with E-state index in [0.29, 0.717) is 17.2 Å². The van der Waals surface area contributed by atoms with Crippen molar-refractivity contribution >= 4 is 0 Å². The number of nitrogens with zero attached hydrogens (tertiary/aromatic N) is 3. The van der Waals surface area contributed by atoms with Gasteiger partial charge in [-0.05, 0) is 38.0 Å². The number of benzene rings is 1. The van der Waals surface area contributed by atoms with Crippen molar-refractivity contribution in [1.29, 1.82) is 0 Å². The van der Waals surface area contributed by atoms with Crippen molar-refractivity contribution in [2.24, 2.45) is 5.73 Å². The summed E-state index contributed by atoms with van der Waals surface area (Å²) < 4.78 is 27.9. The van der Waals surface area contributed by atoms with Gasteiger partial charge in [-0.3, -0.25) is 0 Å². The summed E-state index contributed by atoms with van der Waals surface area (Å²) in [5, 5.41) is 4.36. The summed E-state index contributed by atoms with van der Waals surface area (Å²) >= 11 is 0. The molecule has 19 heavy (non-hydrogen) atoms. The summed E-state index contributed by atoms with van der Waals surface area (Å²) in [6.07, 6.45) is 1.80. The maximum atomic E-state index is 13.2. The van der Waals surface area contributed by atoms with Gasteiger partial charge in [0, 0.05) is 5.56 Å². The Morgan fingerprint density at radius 1 is 1.26 bits per heavy atom. The quantitative estimate of drug-likeness (QED) is 0.861. The molecule has 0 spiro atoms. The Labute approximate surface area is 109 Å². The highest BCUT2D eigenvalue weighted by Gasteiger charge is 2.26. The monoisotopic (exact) mass is 264 g/mol. The van der Waals surface area contributed by atoms with Crippen LogP contribution < -0.4 is 5.73 Å². The lowest BCUT2D eigenvalue weighted by Gasteiger charge is -2.23. The van der Waals surface area contributed by atoms with Gasteiger partial charge in [0.2, 0.25) is 0 Å². The molecule has 1 aromatic carbocycles. The average Bonchev–Trinajstić information content (AvgIpc) is 2.83. The van der Waals surface area contributed by atoms with Gasteiger partial charge < -0.3 is 5.73 Å². The van der Waals surface area contributed by atoms with E-state index in [9.17, 15) is 8.78 Å². The molecule has 2 aromatic rings. The third kappa shape index (κ3) is 2.02. The van der Waals surface area contributed by atoms with Crippen LogP contribution in [0.1, 0.15) is 37.7 Å². The number of hydrogen-bond donors (Lipinski definition) is 1. The fraction of sp³-hybridized carbons (Fsp3) is 0.385. The molecule has 1 aliphatic heterocycles. The van der Waals surface area contributed by atoms with Crippen LogP contribution in [0.5, 0.6) is 0 Å². The van der Waals surface area contributed by atoms with Crippen molar-refractivity contribution < 1.29 is 8.78 Å². The third-order valence-corrected chi connectivity index (χ3v) is 3.48. The molecular formula is C13H14F2N4. The first-order valence-electron chi connectivity index (χ1n) is 6.23. The Morgan fingerprint density at radius 2 is 2.05 bits per heavy atom. The van der Waals surface area contributed by atoms with Crippen molar-refractivity contribution in [2.75, 3.05) is 0 Å². The van der Waals surface area contributed by atoms with Crippen LogP contribution in [-0.4, -0.2) is 14.8 Å². The average molecular weight is 264 g/mol. The zero-order chi connectivity index (χ0) is 13.6. The summed E-state index contributed by atoms with van der Waals surface area (Å²) in [5.74, 6) is -0.683. The first kappa shape index (κ1) is 12.2. The zero-order valence-corrected chi connectivity index (χ0v) is 10.5. The number of rotatable bonds is 1. The van der Waals surface area contributed by atoms with Gasteiger partial charge in [0.15, 0.2) is 17.5 Å². The summed E-state index contributed by atoms with van der Waals surface area (Å²) in [6.45, 7) is 2.04. The lowest BCUT2D eigenvalue weighted by atomic mass is 10.0. The van der Waals surface area contributed by atoms with Crippen molar-refractivity contribution in [3.05, 3.63) is 35.7 Å². The minimum atomic E-state index is -0.900. The van der Waals surface area contributed by atoms with Crippen LogP contribution in [0.2, 0.25) is 0 Å². The van der Waals surface area contributed by atoms with Crippen LogP contribution in [0, 0.1) is 11.6 Å². The van der Waals surface area contributed by atoms with E-state index in [4.69, 9.17) is 5.73 Å². The number of nitrogens with two attached hydrogens (primary N) is 1. The first-order chi connectivity index (χ1) is 9.06. The van der Waals surface area contributed by atoms with E-state index in [-0.39, 0.29) is 12.1 Å². The van der Waals surface area contributed by atoms with E-state index in [0.717, 1.165) is 25.0 Å². The highest BCUT2D eigenvalue weighted by Crippen LogP contribution is 2.30. The summed E-state index contributed by atoms with van der Waals surface area (Å²) in [4.78, 5) is 4.36. The van der Waals surface area contributed by atoms with Gasteiger partial charge in [-0.1, -0.05) is 0 Å². The Bertz CT molecular complexity index is 596. The van der Waals surface area contributed by atoms with Gasteiger partial charge in [0.1, 0.15) is 5.82 Å². The molecule has 2 N–H and O–H groups in total. The predicted octanol–water partition coefficient (Wildman–Crippen LogP) is 2.58. The van der Waals surface area contributed by atoms with Crippen LogP contribution in [0.4, 0.5) is 8.78 Å². The molecule has 3 rings (SSSR count). The summed E-state index contributed by atoms with van der Waals surface area (Å²) in [7, 11) is 0. The molecular weight excluding hydrogens is 250 g/mol. The summed E-state index contributed by atoms with van der Waals surface area (Å²) in [5.41, 5.74) is 6.46. The second-order valence-electron chi connectivity index (χ2n) is 4.90. The van der Waals surface area contributed by atoms with E-state index in [1.807, 2.05) is 6.92 Å². The molecule has 2 atom stereocenters. The molecule has 2 heterocycles. The van der Waals surface area contributed by atoms with Crippen LogP contribution in [0.15, 0.2) is 18.2 Å². The Balaban J connectivity index is 2.07. The van der Waals surface area contributed by atoms with Gasteiger partial charge in [-0.15, -0.1) is 0 Å². The van der Waals surface area contributed by atoms with Gasteiger partial charge in [-0.2, -0.15) is 5.10 Å². The minimum Gasteiger partial charge on any atom is -0.321 e. The normalized spacial score (nSPS) is 22.3. The molecule has 2 unspecified atom stereocenters. The highest BCUT2D eigenvalue weighted by molar-refractivity contribution is 5.54. The molecule has 0 aliphatic carbocycles. The molecule has 0 bridgehead atoms. The minimum absolute atomic E-state index is 0.150. The fourth-order valence-corrected chi connectivity index (χ4v) is 2.34. The Hall–Kier alpha value is -1.82. The standard InChI is InChI=1S/C13H14F2N4/c1-7-2-5-11(16)13-17-12(18-19(7)13)8-3-4-9(14)10(15)6-8/h3-4,6-7,11H,2,5,16H2,1H3. The lowest BCUT2D eigenvalue weighted by Crippen LogP contribution is -2.25. The van der Waals surface area contributed by atoms with Crippen LogP contribution in [0.25, 0.3) is 11.4 Å². The molecule has 100 valence electrons. The molecule has 0 radical (unpaired) electrons. The van der Waals surface area contributed by atoms with Gasteiger partial charge >= 0.3 is 0 Å². The number of halogens is 2. The molecule has 1 aliphatic rings. The molecule has 0 amide bonds. The van der Waals surface area contributed by atoms with Crippen molar-refractivity contribution in [1.82, 2.24) is 14.8 Å². The maximum absolute atomic E-state index is 13.2. The van der Waals surface area contributed by atoms with Crippen molar-refractivity contribution in [2.45, 2.75) is 31.8 Å². The lowest BCUT2D eigenvalue weighted by molar-refractivity contribution is 0.350. The highest BCUT2D eigenvalue weighted by atomic mass is 19.2. The Morgan fingerprint density at radius 3 is 2.74 bits per heavy atom. The van der Waals surface area contributed by atoms with Crippen LogP contribution in [0.3, 0.4) is 0 Å². The second-order valence-corrected chi connectivity index (χ2v) is 4.90. The second kappa shape index (κ2) is 4.38. The fourth-order valence-electron chi connectivity index (χ4n) is 2.34. The van der Waals surface area contributed by atoms with Crippen LogP contribution in [-0.2, 0) is 0 Å². The maximum Gasteiger partial charge on any atom is 0.181 e. The smallest absolute Gasteiger partial charge is 0.181 e. The first-order valence-corrected chi connectivity index (χ1v) is 6.23. The van der Waals surface area contributed by atoms with E-state index >= 15 is 0 Å². The van der Waals surface area contributed by atoms with Gasteiger partial charge in [0.25, 0.3) is 0 Å². The number of aromatic nitrogens is 3. The molecule has 1 aromatic heterocycles. The van der Waals surface area contributed by atoms with Crippen molar-refractivity contribution in [3.8, 4) is 11.4 Å². The van der Waals surface area contributed by atoms with Gasteiger partial charge in [-0.25, -0.2) is 18.4 Å². The number of fused-ring (bicyclic) bond motifs is 1. The number of hydrogen-bond acceptors (Lipinski definition) is 3. The van der Waals surface area contributed by atoms with Gasteiger partial charge in [0.05, 0.1) is 12.1 Å². The molecule has 0 fully saturated rings. The SMILES string of the molecule is CC1CCC(N)c2nc(-c3ccc(F)c(F)c3)nn21. The Kier molecular flexibility index (Phi) is 2.82. The molecule has 0 saturated carbocycles. The molecule has 6 heteroatoms. The summed E-state index contributed by atoms with van der Waals surface area (Å²) in [6, 6.07) is 3.72. The topological polar surface area (TPSA) is 56.7 Å². The largest absolute Gasteiger partial charge is 0.321 e. The van der Waals surface area contributed by atoms with E-state index < -0.39 is 11.6 Å². The van der Waals surface area contributed by atoms with Crippen LogP contribution >= 0.6 is 0 Å². The van der Waals surface area contributed by atoms with E-state index in [1.165, 1.54) is 6.07 Å². The van der Waals surface area contributed by atoms with E-state index in [2.05, 4.69) is 10.1 Å².